The predicted molar refractivity (Wildman–Crippen MR) is 141 cm³/mol. The van der Waals surface area contributed by atoms with Crippen molar-refractivity contribution in [1.29, 1.82) is 0 Å². The van der Waals surface area contributed by atoms with E-state index in [1.165, 1.54) is 42.8 Å². The van der Waals surface area contributed by atoms with Crippen LogP contribution in [0.25, 0.3) is 5.69 Å². The predicted octanol–water partition coefficient (Wildman–Crippen LogP) is 4.93. The Hall–Kier alpha value is -3.85. The van der Waals surface area contributed by atoms with Crippen molar-refractivity contribution in [2.24, 2.45) is 0 Å². The molecule has 0 fully saturated rings. The number of aliphatic carboxylic acids is 1. The summed E-state index contributed by atoms with van der Waals surface area (Å²) in [7, 11) is 2.99. The monoisotopic (exact) mass is 609 g/mol. The number of para-hydroxylation sites is 1. The van der Waals surface area contributed by atoms with Gasteiger partial charge in [-0.05, 0) is 46.7 Å². The van der Waals surface area contributed by atoms with Crippen molar-refractivity contribution in [3.05, 3.63) is 70.0 Å². The van der Waals surface area contributed by atoms with E-state index in [2.05, 4.69) is 25.7 Å². The molecule has 41 heavy (non-hydrogen) atoms. The molecule has 1 aliphatic heterocycles. The summed E-state index contributed by atoms with van der Waals surface area (Å²) in [5.41, 5.74) is 1.41. The summed E-state index contributed by atoms with van der Waals surface area (Å²) >= 11 is 7.74. The van der Waals surface area contributed by atoms with Crippen molar-refractivity contribution in [2.75, 3.05) is 14.2 Å². The van der Waals surface area contributed by atoms with Gasteiger partial charge in [-0.3, -0.25) is 9.36 Å². The molecule has 5 rings (SSSR count). The lowest BCUT2D eigenvalue weighted by molar-refractivity contribution is -0.146. The van der Waals surface area contributed by atoms with Crippen molar-refractivity contribution in [3.63, 3.8) is 0 Å². The minimum atomic E-state index is -4.79. The van der Waals surface area contributed by atoms with Crippen molar-refractivity contribution in [2.45, 2.75) is 42.5 Å². The van der Waals surface area contributed by atoms with Crippen LogP contribution in [0.1, 0.15) is 51.9 Å². The van der Waals surface area contributed by atoms with E-state index in [-0.39, 0.29) is 37.3 Å². The van der Waals surface area contributed by atoms with Crippen LogP contribution in [0.4, 0.5) is 13.2 Å². The first kappa shape index (κ1) is 28.7. The van der Waals surface area contributed by atoms with Crippen molar-refractivity contribution >= 4 is 29.3 Å². The number of rotatable bonds is 9. The highest BCUT2D eigenvalue weighted by Crippen LogP contribution is 2.54. The molecule has 0 unspecified atom stereocenters. The molecule has 2 aromatic heterocycles. The van der Waals surface area contributed by atoms with Gasteiger partial charge in [-0.2, -0.15) is 13.2 Å². The zero-order chi connectivity index (χ0) is 29.3. The highest BCUT2D eigenvalue weighted by atomic mass is 35.5. The summed E-state index contributed by atoms with van der Waals surface area (Å²) in [6.45, 7) is 0.187. The molecule has 0 saturated carbocycles. The Bertz CT molecular complexity index is 1580. The number of halogens is 4. The second-order valence-corrected chi connectivity index (χ2v) is 10.8. The molecule has 16 heteroatoms. The SMILES string of the molecule is COc1cccc([C@H]2S[C@H](CCn3nnnc3CCC(=O)O)c3nnc(C(F)(F)F)n3-c3ccc(Cl)cc32)c1OC. The summed E-state index contributed by atoms with van der Waals surface area (Å²) in [6.07, 6.45) is -4.61. The Morgan fingerprint density at radius 2 is 1.93 bits per heavy atom. The lowest BCUT2D eigenvalue weighted by Crippen LogP contribution is -2.17. The molecular formula is C25H23ClF3N7O4S. The molecule has 3 heterocycles. The molecule has 216 valence electrons. The van der Waals surface area contributed by atoms with Gasteiger partial charge in [0, 0.05) is 23.6 Å². The molecule has 0 saturated heterocycles. The Kier molecular flexibility index (Phi) is 8.09. The van der Waals surface area contributed by atoms with Crippen LogP contribution in [0.3, 0.4) is 0 Å². The average Bonchev–Trinajstić information content (AvgIpc) is 3.56. The Morgan fingerprint density at radius 3 is 2.63 bits per heavy atom. The fourth-order valence-corrected chi connectivity index (χ4v) is 6.45. The number of nitrogens with zero attached hydrogens (tertiary/aromatic N) is 7. The van der Waals surface area contributed by atoms with Crippen LogP contribution >= 0.6 is 23.4 Å². The maximum Gasteiger partial charge on any atom is 0.452 e. The molecule has 0 bridgehead atoms. The van der Waals surface area contributed by atoms with Gasteiger partial charge < -0.3 is 14.6 Å². The van der Waals surface area contributed by atoms with E-state index in [1.807, 2.05) is 6.07 Å². The van der Waals surface area contributed by atoms with E-state index >= 15 is 0 Å². The van der Waals surface area contributed by atoms with Crippen molar-refractivity contribution < 1.29 is 32.5 Å². The van der Waals surface area contributed by atoms with E-state index < -0.39 is 28.5 Å². The van der Waals surface area contributed by atoms with Crippen LogP contribution in [0.5, 0.6) is 11.5 Å². The number of thioether (sulfide) groups is 1. The van der Waals surface area contributed by atoms with E-state index in [0.717, 1.165) is 4.57 Å². The highest BCUT2D eigenvalue weighted by Gasteiger charge is 2.43. The van der Waals surface area contributed by atoms with Crippen LogP contribution in [-0.2, 0) is 23.9 Å². The summed E-state index contributed by atoms with van der Waals surface area (Å²) in [6, 6.07) is 10.00. The number of hydrogen-bond donors (Lipinski definition) is 1. The third-order valence-corrected chi connectivity index (χ3v) is 8.32. The van der Waals surface area contributed by atoms with Gasteiger partial charge in [0.1, 0.15) is 0 Å². The lowest BCUT2D eigenvalue weighted by atomic mass is 10.0. The van der Waals surface area contributed by atoms with Gasteiger partial charge in [-0.15, -0.1) is 27.1 Å². The molecule has 2 aromatic carbocycles. The Morgan fingerprint density at radius 1 is 1.12 bits per heavy atom. The van der Waals surface area contributed by atoms with Crippen LogP contribution in [0.2, 0.25) is 5.02 Å². The number of ether oxygens (including phenoxy) is 2. The number of carboxylic acids is 1. The number of benzene rings is 2. The molecule has 11 nitrogen and oxygen atoms in total. The number of aryl methyl sites for hydroxylation is 2. The molecule has 0 amide bonds. The first-order valence-electron chi connectivity index (χ1n) is 12.3. The van der Waals surface area contributed by atoms with E-state index in [4.69, 9.17) is 26.2 Å². The van der Waals surface area contributed by atoms with Gasteiger partial charge in [0.2, 0.25) is 5.82 Å². The second-order valence-electron chi connectivity index (χ2n) is 9.01. The third kappa shape index (κ3) is 5.68. The standard InChI is InChI=1S/C25H23ClF3N7O4S/c1-39-17-5-3-4-14(21(17)40-2)22-15-12-13(26)6-7-16(15)36-23(31-32-24(36)25(27,28)29)18(41-22)10-11-35-19(30-33-34-35)8-9-20(37)38/h3-7,12,18,22H,8-11H2,1-2H3,(H,37,38)/t18-,22-/m1/s1. The topological polar surface area (TPSA) is 130 Å². The first-order chi connectivity index (χ1) is 19.6. The quantitative estimate of drug-likeness (QED) is 0.279. The summed E-state index contributed by atoms with van der Waals surface area (Å²) in [5, 5.41) is 27.3. The average molecular weight is 610 g/mol. The number of tetrazole rings is 1. The van der Waals surface area contributed by atoms with Gasteiger partial charge in [0.15, 0.2) is 23.1 Å². The van der Waals surface area contributed by atoms with Crippen LogP contribution in [-0.4, -0.2) is 60.3 Å². The normalized spacial score (nSPS) is 16.5. The number of alkyl halides is 3. The zero-order valence-corrected chi connectivity index (χ0v) is 23.2. The first-order valence-corrected chi connectivity index (χ1v) is 13.6. The summed E-state index contributed by atoms with van der Waals surface area (Å²) in [4.78, 5) is 11.1. The number of aromatic nitrogens is 7. The van der Waals surface area contributed by atoms with Crippen LogP contribution < -0.4 is 9.47 Å². The van der Waals surface area contributed by atoms with Gasteiger partial charge in [-0.1, -0.05) is 23.7 Å². The molecule has 0 spiro atoms. The van der Waals surface area contributed by atoms with Gasteiger partial charge in [0.25, 0.3) is 0 Å². The van der Waals surface area contributed by atoms with Gasteiger partial charge in [0.05, 0.1) is 36.8 Å². The highest BCUT2D eigenvalue weighted by molar-refractivity contribution is 8.00. The van der Waals surface area contributed by atoms with Gasteiger partial charge in [-0.25, -0.2) is 4.68 Å². The van der Waals surface area contributed by atoms with E-state index in [9.17, 15) is 18.0 Å². The minimum Gasteiger partial charge on any atom is -0.493 e. The number of carboxylic acid groups (broad SMARTS) is 1. The smallest absolute Gasteiger partial charge is 0.452 e. The number of methoxy groups -OCH3 is 2. The fraction of sp³-hybridized carbons (Fsp3) is 0.360. The van der Waals surface area contributed by atoms with Crippen molar-refractivity contribution in [1.82, 2.24) is 35.0 Å². The van der Waals surface area contributed by atoms with E-state index in [0.29, 0.717) is 33.5 Å². The van der Waals surface area contributed by atoms with Crippen molar-refractivity contribution in [3.8, 4) is 17.2 Å². The molecular weight excluding hydrogens is 587 g/mol. The lowest BCUT2D eigenvalue weighted by Gasteiger charge is -2.24. The van der Waals surface area contributed by atoms with E-state index in [1.54, 1.807) is 18.2 Å². The molecule has 4 aromatic rings. The maximum absolute atomic E-state index is 14.2. The van der Waals surface area contributed by atoms with Gasteiger partial charge >= 0.3 is 12.1 Å². The second kappa shape index (κ2) is 11.6. The van der Waals surface area contributed by atoms with Crippen LogP contribution in [0.15, 0.2) is 36.4 Å². The summed E-state index contributed by atoms with van der Waals surface area (Å²) < 4.78 is 56.3. The number of carbonyl (C=O) groups is 1. The zero-order valence-electron chi connectivity index (χ0n) is 21.7. The minimum absolute atomic E-state index is 0.0930. The third-order valence-electron chi connectivity index (χ3n) is 6.53. The molecule has 1 N–H and O–H groups in total. The van der Waals surface area contributed by atoms with Crippen LogP contribution in [0, 0.1) is 0 Å². The summed E-state index contributed by atoms with van der Waals surface area (Å²) in [5.74, 6) is -0.827. The fourth-order valence-electron chi connectivity index (χ4n) is 4.75. The Labute approximate surface area is 240 Å². The molecule has 1 aliphatic rings. The molecule has 2 atom stereocenters. The number of fused-ring (bicyclic) bond motifs is 3. The molecule has 0 radical (unpaired) electrons. The number of hydrogen-bond acceptors (Lipinski definition) is 9. The largest absolute Gasteiger partial charge is 0.493 e. The Balaban J connectivity index is 1.64. The maximum atomic E-state index is 14.2. The molecule has 0 aliphatic carbocycles.